The number of halogens is 1. The predicted molar refractivity (Wildman–Crippen MR) is 141 cm³/mol. The molecule has 8 heteroatoms. The zero-order valence-electron chi connectivity index (χ0n) is 21.6. The third-order valence-electron chi connectivity index (χ3n) is 8.37. The number of nitrogens with one attached hydrogen (secondary N) is 2. The van der Waals surface area contributed by atoms with Crippen LogP contribution in [0.25, 0.3) is 0 Å². The molecule has 3 aliphatic rings. The van der Waals surface area contributed by atoms with E-state index in [1.54, 1.807) is 24.3 Å². The summed E-state index contributed by atoms with van der Waals surface area (Å²) in [7, 11) is 0. The third kappa shape index (κ3) is 6.23. The molecule has 0 aromatic heterocycles. The second kappa shape index (κ2) is 11.6. The maximum atomic E-state index is 13.6. The van der Waals surface area contributed by atoms with Crippen molar-refractivity contribution >= 4 is 11.8 Å². The molecule has 2 amide bonds. The molecule has 1 aliphatic carbocycles. The fraction of sp³-hybridized carbons (Fsp3) is 0.500. The third-order valence-corrected chi connectivity index (χ3v) is 8.37. The van der Waals surface area contributed by atoms with Crippen LogP contribution >= 0.6 is 0 Å². The summed E-state index contributed by atoms with van der Waals surface area (Å²) in [5.41, 5.74) is 2.26. The van der Waals surface area contributed by atoms with E-state index in [1.807, 2.05) is 17.0 Å². The molecule has 1 spiro atoms. The van der Waals surface area contributed by atoms with E-state index in [-0.39, 0.29) is 23.0 Å². The topological polar surface area (TPSA) is 94.5 Å². The highest BCUT2D eigenvalue weighted by atomic mass is 19.1. The van der Waals surface area contributed by atoms with Gasteiger partial charge >= 0.3 is 0 Å². The summed E-state index contributed by atoms with van der Waals surface area (Å²) < 4.78 is 18.8. The van der Waals surface area contributed by atoms with Crippen LogP contribution in [0.5, 0.6) is 0 Å². The lowest BCUT2D eigenvalue weighted by molar-refractivity contribution is -0.135. The van der Waals surface area contributed by atoms with Crippen LogP contribution in [0.1, 0.15) is 65.9 Å². The molecule has 2 aromatic carbocycles. The van der Waals surface area contributed by atoms with E-state index in [9.17, 15) is 14.0 Å². The van der Waals surface area contributed by atoms with E-state index >= 15 is 0 Å². The van der Waals surface area contributed by atoms with Crippen molar-refractivity contribution in [2.24, 2.45) is 5.41 Å². The van der Waals surface area contributed by atoms with Crippen molar-refractivity contribution in [1.82, 2.24) is 15.5 Å². The van der Waals surface area contributed by atoms with Gasteiger partial charge in [0.2, 0.25) is 5.91 Å². The average molecular weight is 519 g/mol. The maximum Gasteiger partial charge on any atom is 0.251 e. The Bertz CT molecular complexity index is 1160. The smallest absolute Gasteiger partial charge is 0.251 e. The second-order valence-corrected chi connectivity index (χ2v) is 10.9. The minimum Gasteiger partial charge on any atom is -0.381 e. The van der Waals surface area contributed by atoms with E-state index < -0.39 is 6.04 Å². The van der Waals surface area contributed by atoms with Crippen LogP contribution in [0.4, 0.5) is 4.39 Å². The van der Waals surface area contributed by atoms with Gasteiger partial charge in [-0.15, -0.1) is 0 Å². The number of likely N-dealkylation sites (tertiary alicyclic amines) is 1. The van der Waals surface area contributed by atoms with Gasteiger partial charge in [-0.25, -0.2) is 4.39 Å². The summed E-state index contributed by atoms with van der Waals surface area (Å²) in [5.74, 6) is -0.170. The number of benzene rings is 2. The Balaban J connectivity index is 1.16. The molecule has 0 radical (unpaired) electrons. The molecule has 38 heavy (non-hydrogen) atoms. The Hall–Kier alpha value is -3.28. The van der Waals surface area contributed by atoms with Gasteiger partial charge in [0.25, 0.3) is 5.91 Å². The molecule has 0 unspecified atom stereocenters. The molecule has 2 saturated heterocycles. The van der Waals surface area contributed by atoms with E-state index in [4.69, 9.17) is 10.00 Å². The van der Waals surface area contributed by atoms with Gasteiger partial charge in [-0.05, 0) is 92.4 Å². The van der Waals surface area contributed by atoms with Gasteiger partial charge in [-0.3, -0.25) is 9.59 Å². The van der Waals surface area contributed by atoms with Crippen LogP contribution in [0.15, 0.2) is 48.5 Å². The Labute approximate surface area is 223 Å². The lowest BCUT2D eigenvalue weighted by atomic mass is 9.78. The van der Waals surface area contributed by atoms with Gasteiger partial charge in [0.05, 0.1) is 18.2 Å². The predicted octanol–water partition coefficient (Wildman–Crippen LogP) is 3.75. The molecule has 3 fully saturated rings. The first-order valence-corrected chi connectivity index (χ1v) is 13.6. The monoisotopic (exact) mass is 518 g/mol. The number of hydrogen-bond donors (Lipinski definition) is 2. The Morgan fingerprint density at radius 1 is 1.11 bits per heavy atom. The number of hydrogen-bond acceptors (Lipinski definition) is 5. The largest absolute Gasteiger partial charge is 0.381 e. The quantitative estimate of drug-likeness (QED) is 0.493. The van der Waals surface area contributed by atoms with Crippen LogP contribution in [0, 0.1) is 22.6 Å². The first kappa shape index (κ1) is 26.3. The number of nitrogens with zero attached hydrogens (tertiary/aromatic N) is 2. The average Bonchev–Trinajstić information content (AvgIpc) is 3.59. The van der Waals surface area contributed by atoms with Gasteiger partial charge in [0.15, 0.2) is 0 Å². The Morgan fingerprint density at radius 2 is 1.84 bits per heavy atom. The number of rotatable bonds is 9. The highest BCUT2D eigenvalue weighted by Gasteiger charge is 2.40. The van der Waals surface area contributed by atoms with Gasteiger partial charge in [0.1, 0.15) is 11.9 Å². The molecule has 2 aromatic rings. The van der Waals surface area contributed by atoms with Gasteiger partial charge in [-0.1, -0.05) is 12.1 Å². The van der Waals surface area contributed by atoms with Crippen molar-refractivity contribution in [3.8, 4) is 6.07 Å². The standard InChI is InChI=1S/C30H35FN4O3/c31-24-9-7-22(8-10-24)25-18-27(25)33-14-1-2-26(34-28(36)23-5-3-21(19-32)4-6-23)29(37)35-15-11-30(12-16-35)13-17-38-20-30/h3-10,25-27,33H,1-2,11-18,20H2,(H,34,36)/t25-,26-,27+/m0/s1. The SMILES string of the molecule is N#Cc1ccc(C(=O)N[C@@H](CCCN[C@@H]2C[C@H]2c2ccc(F)cc2)C(=O)N2CCC3(CCOC3)CC2)cc1. The van der Waals surface area contributed by atoms with Crippen LogP contribution in [0.2, 0.25) is 0 Å². The zero-order chi connectivity index (χ0) is 26.5. The lowest BCUT2D eigenvalue weighted by Gasteiger charge is -2.39. The molecular formula is C30H35FN4O3. The lowest BCUT2D eigenvalue weighted by Crippen LogP contribution is -2.52. The molecule has 5 rings (SSSR count). The molecule has 0 bridgehead atoms. The first-order valence-electron chi connectivity index (χ1n) is 13.6. The molecule has 2 heterocycles. The summed E-state index contributed by atoms with van der Waals surface area (Å²) in [5, 5.41) is 15.6. The van der Waals surface area contributed by atoms with Crippen molar-refractivity contribution in [3.05, 3.63) is 71.0 Å². The fourth-order valence-corrected chi connectivity index (χ4v) is 5.75. The van der Waals surface area contributed by atoms with E-state index in [0.29, 0.717) is 42.6 Å². The molecule has 3 atom stereocenters. The van der Waals surface area contributed by atoms with Crippen molar-refractivity contribution in [2.45, 2.75) is 56.5 Å². The first-order chi connectivity index (χ1) is 18.5. The van der Waals surface area contributed by atoms with Gasteiger partial charge in [-0.2, -0.15) is 5.26 Å². The second-order valence-electron chi connectivity index (χ2n) is 10.9. The summed E-state index contributed by atoms with van der Waals surface area (Å²) in [6.45, 7) is 3.68. The number of ether oxygens (including phenoxy) is 1. The number of nitriles is 1. The van der Waals surface area contributed by atoms with Crippen LogP contribution in [0.3, 0.4) is 0 Å². The fourth-order valence-electron chi connectivity index (χ4n) is 5.75. The molecule has 2 N–H and O–H groups in total. The van der Waals surface area contributed by atoms with E-state index in [0.717, 1.165) is 57.4 Å². The summed E-state index contributed by atoms with van der Waals surface area (Å²) in [6, 6.07) is 14.9. The Morgan fingerprint density at radius 3 is 2.50 bits per heavy atom. The molecule has 1 saturated carbocycles. The van der Waals surface area contributed by atoms with Gasteiger partial charge < -0.3 is 20.3 Å². The van der Waals surface area contributed by atoms with E-state index in [1.165, 1.54) is 12.1 Å². The summed E-state index contributed by atoms with van der Waals surface area (Å²) >= 11 is 0. The minimum atomic E-state index is -0.610. The number of piperidine rings is 1. The normalized spacial score (nSPS) is 22.6. The summed E-state index contributed by atoms with van der Waals surface area (Å²) in [4.78, 5) is 28.5. The van der Waals surface area contributed by atoms with Crippen LogP contribution in [-0.2, 0) is 9.53 Å². The molecule has 200 valence electrons. The highest BCUT2D eigenvalue weighted by Crippen LogP contribution is 2.41. The minimum absolute atomic E-state index is 0.0311. The number of carbonyl (C=O) groups is 2. The van der Waals surface area contributed by atoms with Crippen molar-refractivity contribution in [1.29, 1.82) is 5.26 Å². The van der Waals surface area contributed by atoms with Crippen LogP contribution < -0.4 is 10.6 Å². The van der Waals surface area contributed by atoms with E-state index in [2.05, 4.69) is 16.7 Å². The van der Waals surface area contributed by atoms with Crippen LogP contribution in [-0.4, -0.2) is 61.6 Å². The highest BCUT2D eigenvalue weighted by molar-refractivity contribution is 5.97. The molecular weight excluding hydrogens is 483 g/mol. The molecule has 2 aliphatic heterocycles. The Kier molecular flexibility index (Phi) is 8.06. The van der Waals surface area contributed by atoms with Crippen molar-refractivity contribution in [2.75, 3.05) is 32.8 Å². The number of carbonyl (C=O) groups excluding carboxylic acids is 2. The van der Waals surface area contributed by atoms with Crippen molar-refractivity contribution in [3.63, 3.8) is 0 Å². The molecule has 7 nitrogen and oxygen atoms in total. The number of amides is 2. The summed E-state index contributed by atoms with van der Waals surface area (Å²) in [6.07, 6.45) is 5.21. The maximum absolute atomic E-state index is 13.6. The van der Waals surface area contributed by atoms with Gasteiger partial charge in [0, 0.05) is 37.2 Å². The zero-order valence-corrected chi connectivity index (χ0v) is 21.6. The van der Waals surface area contributed by atoms with Crippen molar-refractivity contribution < 1.29 is 18.7 Å².